The summed E-state index contributed by atoms with van der Waals surface area (Å²) in [6.45, 7) is 3.60. The van der Waals surface area contributed by atoms with Gasteiger partial charge in [0.05, 0.1) is 4.92 Å². The van der Waals surface area contributed by atoms with E-state index in [9.17, 15) is 19.7 Å². The number of halogens is 1. The molecule has 0 saturated carbocycles. The number of hydrogen-bond donors (Lipinski definition) is 2. The first-order valence-corrected chi connectivity index (χ1v) is 6.44. The first-order chi connectivity index (χ1) is 9.73. The van der Waals surface area contributed by atoms with Gasteiger partial charge in [0.25, 0.3) is 5.91 Å². The van der Waals surface area contributed by atoms with Gasteiger partial charge in [-0.2, -0.15) is 0 Å². The number of carbonyl (C=O) groups excluding carboxylic acids is 1. The van der Waals surface area contributed by atoms with Crippen molar-refractivity contribution in [3.05, 3.63) is 33.1 Å². The fourth-order valence-electron chi connectivity index (χ4n) is 1.71. The van der Waals surface area contributed by atoms with E-state index in [0.29, 0.717) is 0 Å². The van der Waals surface area contributed by atoms with E-state index >= 15 is 0 Å². The minimum atomic E-state index is -1.21. The third-order valence-corrected chi connectivity index (χ3v) is 2.89. The van der Waals surface area contributed by atoms with E-state index in [1.807, 2.05) is 0 Å². The normalized spacial score (nSPS) is 12.0. The van der Waals surface area contributed by atoms with E-state index in [1.165, 1.54) is 0 Å². The van der Waals surface area contributed by atoms with Crippen molar-refractivity contribution < 1.29 is 19.6 Å². The molecule has 0 aliphatic carbocycles. The van der Waals surface area contributed by atoms with Crippen LogP contribution in [0.1, 0.15) is 30.6 Å². The quantitative estimate of drug-likeness (QED) is 0.469. The molecule has 0 aliphatic rings. The fourth-order valence-corrected chi connectivity index (χ4v) is 1.94. The Bertz CT molecular complexity index is 576. The molecule has 1 rings (SSSR count). The number of pyridine rings is 1. The number of carbonyl (C=O) groups is 2. The van der Waals surface area contributed by atoms with E-state index in [2.05, 4.69) is 10.3 Å². The fraction of sp³-hybridized carbons (Fsp3) is 0.417. The number of nitrogens with zero attached hydrogens (tertiary/aromatic N) is 2. The van der Waals surface area contributed by atoms with Crippen LogP contribution >= 0.6 is 11.6 Å². The van der Waals surface area contributed by atoms with Crippen LogP contribution in [0.2, 0.25) is 5.15 Å². The van der Waals surface area contributed by atoms with Gasteiger partial charge in [0, 0.05) is 6.20 Å². The maximum atomic E-state index is 12.1. The standard InChI is InChI=1S/C12H14ClN3O5/c1-6(2)5-8(12(18)19)15-11(17)7-3-4-14-10(13)9(7)16(20)21/h3-4,6,8H,5H2,1-2H3,(H,15,17)(H,18,19)/t8-/m0/s1. The molecule has 2 N–H and O–H groups in total. The molecule has 21 heavy (non-hydrogen) atoms. The van der Waals surface area contributed by atoms with Crippen LogP contribution in [0.3, 0.4) is 0 Å². The van der Waals surface area contributed by atoms with E-state index in [4.69, 9.17) is 16.7 Å². The minimum absolute atomic E-state index is 0.0300. The number of carboxylic acid groups (broad SMARTS) is 1. The number of amides is 1. The third-order valence-electron chi connectivity index (χ3n) is 2.62. The molecule has 0 fully saturated rings. The van der Waals surface area contributed by atoms with Crippen LogP contribution in [0.5, 0.6) is 0 Å². The number of aromatic nitrogens is 1. The lowest BCUT2D eigenvalue weighted by Gasteiger charge is -2.16. The van der Waals surface area contributed by atoms with Crippen molar-refractivity contribution in [1.29, 1.82) is 0 Å². The molecule has 0 aliphatic heterocycles. The van der Waals surface area contributed by atoms with Crippen LogP contribution in [-0.4, -0.2) is 32.9 Å². The molecule has 1 heterocycles. The molecule has 1 aromatic heterocycles. The van der Waals surface area contributed by atoms with Gasteiger partial charge in [-0.25, -0.2) is 9.78 Å². The number of hydrogen-bond acceptors (Lipinski definition) is 5. The first-order valence-electron chi connectivity index (χ1n) is 6.06. The third kappa shape index (κ3) is 4.38. The molecule has 0 bridgehead atoms. The lowest BCUT2D eigenvalue weighted by atomic mass is 10.0. The number of nitro groups is 1. The molecule has 114 valence electrons. The summed E-state index contributed by atoms with van der Waals surface area (Å²) in [7, 11) is 0. The minimum Gasteiger partial charge on any atom is -0.480 e. The van der Waals surface area contributed by atoms with Crippen LogP contribution in [0.4, 0.5) is 5.69 Å². The molecule has 0 unspecified atom stereocenters. The highest BCUT2D eigenvalue weighted by atomic mass is 35.5. The molecule has 0 aromatic carbocycles. The molecular weight excluding hydrogens is 302 g/mol. The van der Waals surface area contributed by atoms with Gasteiger partial charge < -0.3 is 10.4 Å². The van der Waals surface area contributed by atoms with Gasteiger partial charge in [0.2, 0.25) is 5.15 Å². The van der Waals surface area contributed by atoms with Crippen molar-refractivity contribution in [2.75, 3.05) is 0 Å². The lowest BCUT2D eigenvalue weighted by molar-refractivity contribution is -0.385. The molecule has 1 amide bonds. The van der Waals surface area contributed by atoms with Crippen molar-refractivity contribution >= 4 is 29.2 Å². The first kappa shape index (κ1) is 16.8. The molecule has 9 heteroatoms. The van der Waals surface area contributed by atoms with Crippen LogP contribution in [0.25, 0.3) is 0 Å². The van der Waals surface area contributed by atoms with Crippen molar-refractivity contribution in [2.45, 2.75) is 26.3 Å². The largest absolute Gasteiger partial charge is 0.480 e. The van der Waals surface area contributed by atoms with Crippen molar-refractivity contribution in [2.24, 2.45) is 5.92 Å². The second-order valence-electron chi connectivity index (χ2n) is 4.75. The summed E-state index contributed by atoms with van der Waals surface area (Å²) >= 11 is 5.60. The van der Waals surface area contributed by atoms with Crippen LogP contribution < -0.4 is 5.32 Å². The van der Waals surface area contributed by atoms with Crippen LogP contribution in [0.15, 0.2) is 12.3 Å². The van der Waals surface area contributed by atoms with E-state index in [-0.39, 0.29) is 17.9 Å². The average Bonchev–Trinajstić information content (AvgIpc) is 2.36. The zero-order valence-corrected chi connectivity index (χ0v) is 12.1. The summed E-state index contributed by atoms with van der Waals surface area (Å²) in [5, 5.41) is 21.8. The topological polar surface area (TPSA) is 122 Å². The van der Waals surface area contributed by atoms with Gasteiger partial charge in [0.1, 0.15) is 11.6 Å². The second kappa shape index (κ2) is 6.98. The van der Waals surface area contributed by atoms with Gasteiger partial charge >= 0.3 is 11.7 Å². The Labute approximate surface area is 125 Å². The van der Waals surface area contributed by atoms with Crippen molar-refractivity contribution in [1.82, 2.24) is 10.3 Å². The van der Waals surface area contributed by atoms with Gasteiger partial charge in [-0.05, 0) is 18.4 Å². The number of nitrogens with one attached hydrogen (secondary N) is 1. The lowest BCUT2D eigenvalue weighted by Crippen LogP contribution is -2.41. The molecule has 0 radical (unpaired) electrons. The Morgan fingerprint density at radius 2 is 2.14 bits per heavy atom. The summed E-state index contributed by atoms with van der Waals surface area (Å²) in [4.78, 5) is 36.8. The molecule has 8 nitrogen and oxygen atoms in total. The Balaban J connectivity index is 3.06. The Hall–Kier alpha value is -2.22. The smallest absolute Gasteiger partial charge is 0.326 e. The summed E-state index contributed by atoms with van der Waals surface area (Å²) in [5.74, 6) is -2.05. The van der Waals surface area contributed by atoms with Gasteiger partial charge in [-0.1, -0.05) is 25.4 Å². The monoisotopic (exact) mass is 315 g/mol. The molecule has 1 atom stereocenters. The summed E-state index contributed by atoms with van der Waals surface area (Å²) in [6, 6.07) is -0.0165. The van der Waals surface area contributed by atoms with Crippen molar-refractivity contribution in [3.63, 3.8) is 0 Å². The highest BCUT2D eigenvalue weighted by Gasteiger charge is 2.28. The predicted octanol–water partition coefficient (Wildman–Crippen LogP) is 1.87. The molecule has 1 aromatic rings. The highest BCUT2D eigenvalue weighted by Crippen LogP contribution is 2.26. The Morgan fingerprint density at radius 3 is 2.62 bits per heavy atom. The van der Waals surface area contributed by atoms with E-state index in [0.717, 1.165) is 12.3 Å². The number of carboxylic acids is 1. The average molecular weight is 316 g/mol. The highest BCUT2D eigenvalue weighted by molar-refractivity contribution is 6.32. The van der Waals surface area contributed by atoms with Gasteiger partial charge in [-0.15, -0.1) is 0 Å². The zero-order valence-electron chi connectivity index (χ0n) is 11.4. The van der Waals surface area contributed by atoms with Crippen LogP contribution in [-0.2, 0) is 4.79 Å². The number of rotatable bonds is 6. The van der Waals surface area contributed by atoms with Crippen LogP contribution in [0, 0.1) is 16.0 Å². The number of aliphatic carboxylic acids is 1. The Morgan fingerprint density at radius 1 is 1.52 bits per heavy atom. The van der Waals surface area contributed by atoms with Crippen molar-refractivity contribution in [3.8, 4) is 0 Å². The summed E-state index contributed by atoms with van der Waals surface area (Å²) in [6.07, 6.45) is 1.34. The zero-order chi connectivity index (χ0) is 16.2. The summed E-state index contributed by atoms with van der Waals surface area (Å²) < 4.78 is 0. The van der Waals surface area contributed by atoms with E-state index < -0.39 is 33.7 Å². The maximum absolute atomic E-state index is 12.1. The predicted molar refractivity (Wildman–Crippen MR) is 74.2 cm³/mol. The maximum Gasteiger partial charge on any atom is 0.326 e. The van der Waals surface area contributed by atoms with Gasteiger partial charge in [0.15, 0.2) is 0 Å². The molecule has 0 spiro atoms. The molecule has 0 saturated heterocycles. The van der Waals surface area contributed by atoms with E-state index in [1.54, 1.807) is 13.8 Å². The Kier molecular flexibility index (Phi) is 5.60. The second-order valence-corrected chi connectivity index (χ2v) is 5.11. The SMILES string of the molecule is CC(C)C[C@H](NC(=O)c1ccnc(Cl)c1[N+](=O)[O-])C(=O)O. The van der Waals surface area contributed by atoms with Gasteiger partial charge in [-0.3, -0.25) is 14.9 Å². The summed E-state index contributed by atoms with van der Waals surface area (Å²) in [5.41, 5.74) is -0.972. The molecular formula is C12H14ClN3O5.